The third-order valence-electron chi connectivity index (χ3n) is 5.51. The van der Waals surface area contributed by atoms with Crippen LogP contribution in [0.1, 0.15) is 20.8 Å². The number of hydrogen-bond acceptors (Lipinski definition) is 10. The van der Waals surface area contributed by atoms with E-state index in [9.17, 15) is 19.3 Å². The zero-order valence-electron chi connectivity index (χ0n) is 22.3. The van der Waals surface area contributed by atoms with Gasteiger partial charge in [-0.2, -0.15) is 9.97 Å². The van der Waals surface area contributed by atoms with E-state index >= 15 is 0 Å². The Balaban J connectivity index is 1.68. The van der Waals surface area contributed by atoms with E-state index in [1.54, 1.807) is 49.7 Å². The second-order valence-corrected chi connectivity index (χ2v) is 9.65. The van der Waals surface area contributed by atoms with Crippen LogP contribution in [-0.2, 0) is 21.0 Å². The normalized spacial score (nSPS) is 11.3. The number of aromatic nitrogens is 3. The monoisotopic (exact) mass is 553 g/mol. The molecule has 0 atom stereocenters. The van der Waals surface area contributed by atoms with Gasteiger partial charge in [-0.3, -0.25) is 19.5 Å². The molecule has 0 aliphatic heterocycles. The van der Waals surface area contributed by atoms with Gasteiger partial charge < -0.3 is 24.3 Å². The number of hydrogen-bond donors (Lipinski definition) is 1. The summed E-state index contributed by atoms with van der Waals surface area (Å²) in [6.07, 6.45) is 1.64. The first-order valence-corrected chi connectivity index (χ1v) is 12.2. The maximum absolute atomic E-state index is 14.6. The minimum atomic E-state index is -0.704. The molecule has 2 aromatic carbocycles. The third kappa shape index (κ3) is 6.80. The van der Waals surface area contributed by atoms with E-state index in [4.69, 9.17) is 18.9 Å². The second kappa shape index (κ2) is 11.9. The molecule has 40 heavy (non-hydrogen) atoms. The SMILES string of the molecule is COCCOc1ccc(Nc2nc(Oc3cccc([N+](=O)[O-])c3)c3ccn(COC(=O)C(C)(C)C)c3n2)cc1F. The van der Waals surface area contributed by atoms with Gasteiger partial charge in [0.1, 0.15) is 12.4 Å². The van der Waals surface area contributed by atoms with Crippen molar-refractivity contribution in [1.82, 2.24) is 14.5 Å². The van der Waals surface area contributed by atoms with Crippen LogP contribution in [-0.4, -0.2) is 45.8 Å². The third-order valence-corrected chi connectivity index (χ3v) is 5.51. The van der Waals surface area contributed by atoms with Gasteiger partial charge in [0, 0.05) is 31.1 Å². The van der Waals surface area contributed by atoms with Crippen molar-refractivity contribution in [1.29, 1.82) is 0 Å². The van der Waals surface area contributed by atoms with Crippen LogP contribution < -0.4 is 14.8 Å². The number of non-ortho nitro benzene ring substituents is 1. The lowest BCUT2D eigenvalue weighted by Gasteiger charge is -2.17. The van der Waals surface area contributed by atoms with Crippen molar-refractivity contribution >= 4 is 34.3 Å². The minimum absolute atomic E-state index is 0.0440. The summed E-state index contributed by atoms with van der Waals surface area (Å²) >= 11 is 0. The summed E-state index contributed by atoms with van der Waals surface area (Å²) in [5.74, 6) is -0.652. The first-order chi connectivity index (χ1) is 19.0. The molecule has 0 aliphatic rings. The summed E-state index contributed by atoms with van der Waals surface area (Å²) in [7, 11) is 1.52. The Morgan fingerprint density at radius 3 is 2.62 bits per heavy atom. The molecule has 0 saturated heterocycles. The number of esters is 1. The smallest absolute Gasteiger partial charge is 0.312 e. The summed E-state index contributed by atoms with van der Waals surface area (Å²) in [6, 6.07) is 11.6. The second-order valence-electron chi connectivity index (χ2n) is 9.65. The quantitative estimate of drug-likeness (QED) is 0.108. The molecule has 0 saturated carbocycles. The van der Waals surface area contributed by atoms with Crippen molar-refractivity contribution in [2.75, 3.05) is 25.6 Å². The number of ether oxygens (including phenoxy) is 4. The number of fused-ring (bicyclic) bond motifs is 1. The van der Waals surface area contributed by atoms with E-state index in [1.165, 1.54) is 37.4 Å². The molecule has 2 heterocycles. The number of nitrogens with one attached hydrogen (secondary N) is 1. The van der Waals surface area contributed by atoms with Gasteiger partial charge in [-0.25, -0.2) is 4.39 Å². The molecular formula is C27H28FN5O7. The molecule has 4 rings (SSSR count). The number of benzene rings is 2. The van der Waals surface area contributed by atoms with Crippen LogP contribution in [0.4, 0.5) is 21.7 Å². The zero-order chi connectivity index (χ0) is 28.9. The van der Waals surface area contributed by atoms with Gasteiger partial charge in [0.25, 0.3) is 5.69 Å². The van der Waals surface area contributed by atoms with E-state index in [-0.39, 0.29) is 42.4 Å². The van der Waals surface area contributed by atoms with Gasteiger partial charge in [-0.05, 0) is 45.0 Å². The van der Waals surface area contributed by atoms with Crippen LogP contribution in [0, 0.1) is 21.3 Å². The summed E-state index contributed by atoms with van der Waals surface area (Å²) in [6.45, 7) is 5.59. The highest BCUT2D eigenvalue weighted by molar-refractivity contribution is 5.83. The molecule has 2 aromatic heterocycles. The van der Waals surface area contributed by atoms with Gasteiger partial charge >= 0.3 is 5.97 Å². The molecule has 0 unspecified atom stereocenters. The van der Waals surface area contributed by atoms with Crippen molar-refractivity contribution in [2.45, 2.75) is 27.5 Å². The van der Waals surface area contributed by atoms with Crippen molar-refractivity contribution in [3.8, 4) is 17.4 Å². The fourth-order valence-electron chi connectivity index (χ4n) is 3.45. The maximum atomic E-state index is 14.6. The number of rotatable bonds is 11. The van der Waals surface area contributed by atoms with Gasteiger partial charge in [0.05, 0.1) is 28.4 Å². The molecule has 0 fully saturated rings. The number of nitro benzene ring substituents is 1. The molecule has 1 N–H and O–H groups in total. The molecule has 0 bridgehead atoms. The minimum Gasteiger partial charge on any atom is -0.488 e. The van der Waals surface area contributed by atoms with Gasteiger partial charge in [-0.1, -0.05) is 6.07 Å². The number of nitrogens with zero attached hydrogens (tertiary/aromatic N) is 4. The summed E-state index contributed by atoms with van der Waals surface area (Å²) in [4.78, 5) is 32.0. The number of methoxy groups -OCH3 is 1. The number of nitro groups is 1. The molecule has 12 nitrogen and oxygen atoms in total. The van der Waals surface area contributed by atoms with Gasteiger partial charge in [0.15, 0.2) is 23.9 Å². The molecule has 4 aromatic rings. The van der Waals surface area contributed by atoms with Crippen molar-refractivity contribution < 1.29 is 33.1 Å². The average Bonchev–Trinajstić information content (AvgIpc) is 3.31. The van der Waals surface area contributed by atoms with Crippen molar-refractivity contribution in [2.24, 2.45) is 5.41 Å². The lowest BCUT2D eigenvalue weighted by molar-refractivity contribution is -0.384. The highest BCUT2D eigenvalue weighted by Crippen LogP contribution is 2.32. The Morgan fingerprint density at radius 2 is 1.93 bits per heavy atom. The fourth-order valence-corrected chi connectivity index (χ4v) is 3.45. The van der Waals surface area contributed by atoms with E-state index < -0.39 is 22.1 Å². The largest absolute Gasteiger partial charge is 0.488 e. The van der Waals surface area contributed by atoms with E-state index in [0.717, 1.165) is 0 Å². The van der Waals surface area contributed by atoms with Crippen molar-refractivity contribution in [3.63, 3.8) is 0 Å². The number of anilines is 2. The molecule has 210 valence electrons. The lowest BCUT2D eigenvalue weighted by atomic mass is 9.98. The molecule has 0 spiro atoms. The maximum Gasteiger partial charge on any atom is 0.312 e. The Kier molecular flexibility index (Phi) is 8.43. The first-order valence-electron chi connectivity index (χ1n) is 12.2. The van der Waals surface area contributed by atoms with Crippen LogP contribution in [0.25, 0.3) is 11.0 Å². The molecule has 0 aliphatic carbocycles. The zero-order valence-corrected chi connectivity index (χ0v) is 22.3. The van der Waals surface area contributed by atoms with Crippen LogP contribution in [0.5, 0.6) is 17.4 Å². The molecule has 0 amide bonds. The van der Waals surface area contributed by atoms with Gasteiger partial charge in [-0.15, -0.1) is 0 Å². The van der Waals surface area contributed by atoms with E-state index in [1.807, 2.05) is 0 Å². The number of carbonyl (C=O) groups excluding carboxylic acids is 1. The van der Waals surface area contributed by atoms with Crippen LogP contribution >= 0.6 is 0 Å². The van der Waals surface area contributed by atoms with Crippen LogP contribution in [0.15, 0.2) is 54.7 Å². The topological polar surface area (TPSA) is 140 Å². The van der Waals surface area contributed by atoms with E-state index in [0.29, 0.717) is 23.3 Å². The standard InChI is InChI=1S/C27H28FN5O7/c1-27(2,3)25(34)39-16-32-11-10-20-23(32)30-26(29-17-8-9-22(21(28)14-17)38-13-12-37-4)31-24(20)40-19-7-5-6-18(15-19)33(35)36/h5-11,14-15H,12-13,16H2,1-4H3,(H,29,30,31). The molecule has 13 heteroatoms. The summed E-state index contributed by atoms with van der Waals surface area (Å²) in [5.41, 5.74) is -0.185. The fraction of sp³-hybridized carbons (Fsp3) is 0.296. The predicted octanol–water partition coefficient (Wildman–Crippen LogP) is 5.59. The summed E-state index contributed by atoms with van der Waals surface area (Å²) in [5, 5.41) is 14.6. The lowest BCUT2D eigenvalue weighted by Crippen LogP contribution is -2.24. The highest BCUT2D eigenvalue weighted by Gasteiger charge is 2.24. The predicted molar refractivity (Wildman–Crippen MR) is 143 cm³/mol. The average molecular weight is 554 g/mol. The Morgan fingerprint density at radius 1 is 1.12 bits per heavy atom. The van der Waals surface area contributed by atoms with Crippen LogP contribution in [0.3, 0.4) is 0 Å². The van der Waals surface area contributed by atoms with Crippen LogP contribution in [0.2, 0.25) is 0 Å². The number of halogens is 1. The molecule has 0 radical (unpaired) electrons. The van der Waals surface area contributed by atoms with Crippen molar-refractivity contribution in [3.05, 3.63) is 70.7 Å². The Hall–Kier alpha value is -4.78. The highest BCUT2D eigenvalue weighted by atomic mass is 19.1. The Bertz CT molecular complexity index is 1530. The van der Waals surface area contributed by atoms with Gasteiger partial charge in [0.2, 0.25) is 11.8 Å². The van der Waals surface area contributed by atoms with E-state index in [2.05, 4.69) is 15.3 Å². The first kappa shape index (κ1) is 28.2. The number of carbonyl (C=O) groups is 1. The Labute approximate surface area is 228 Å². The summed E-state index contributed by atoms with van der Waals surface area (Å²) < 4.78 is 37.8. The molecular weight excluding hydrogens is 525 g/mol.